The molecule has 1 saturated heterocycles. The topological polar surface area (TPSA) is 95.7 Å². The molecule has 1 aliphatic carbocycles. The van der Waals surface area contributed by atoms with E-state index in [0.29, 0.717) is 18.6 Å². The maximum Gasteiger partial charge on any atom is 0.253 e. The number of amides is 2. The van der Waals surface area contributed by atoms with E-state index in [9.17, 15) is 14.4 Å². The summed E-state index contributed by atoms with van der Waals surface area (Å²) in [6.07, 6.45) is 8.09. The fourth-order valence-corrected chi connectivity index (χ4v) is 4.88. The predicted octanol–water partition coefficient (Wildman–Crippen LogP) is 4.15. The first kappa shape index (κ1) is 30.2. The van der Waals surface area contributed by atoms with Gasteiger partial charge in [0.15, 0.2) is 0 Å². The summed E-state index contributed by atoms with van der Waals surface area (Å²) in [4.78, 5) is 37.9. The van der Waals surface area contributed by atoms with Crippen LogP contribution in [0.1, 0.15) is 79.4 Å². The molecule has 0 aromatic heterocycles. The third kappa shape index (κ3) is 9.41. The molecule has 7 heteroatoms. The average Bonchev–Trinajstić information content (AvgIpc) is 2.98. The van der Waals surface area contributed by atoms with E-state index >= 15 is 0 Å². The zero-order valence-electron chi connectivity index (χ0n) is 22.6. The van der Waals surface area contributed by atoms with Crippen molar-refractivity contribution >= 4 is 18.6 Å². The van der Waals surface area contributed by atoms with Gasteiger partial charge in [0.25, 0.3) is 5.91 Å². The number of carbonyl (C=O) groups is 3. The Morgan fingerprint density at radius 3 is 1.97 bits per heavy atom. The highest BCUT2D eigenvalue weighted by atomic mass is 16.2. The van der Waals surface area contributed by atoms with Crippen LogP contribution in [0.25, 0.3) is 0 Å². The van der Waals surface area contributed by atoms with E-state index in [1.807, 2.05) is 35.2 Å². The number of nitrogens with zero attached hydrogens (tertiary/aromatic N) is 2. The summed E-state index contributed by atoms with van der Waals surface area (Å²) in [5.41, 5.74) is 7.42. The molecule has 1 unspecified atom stereocenters. The van der Waals surface area contributed by atoms with Crippen molar-refractivity contribution in [1.82, 2.24) is 15.1 Å². The van der Waals surface area contributed by atoms with Crippen molar-refractivity contribution in [2.45, 2.75) is 64.0 Å². The predicted molar refractivity (Wildman–Crippen MR) is 149 cm³/mol. The molecule has 3 N–H and O–H groups in total. The lowest BCUT2D eigenvalue weighted by molar-refractivity contribution is -0.115. The number of nitrogens with one attached hydrogen (secondary N) is 1. The Balaban J connectivity index is 0.000000291. The van der Waals surface area contributed by atoms with E-state index in [2.05, 4.69) is 41.9 Å². The van der Waals surface area contributed by atoms with Crippen LogP contribution in [0.5, 0.6) is 0 Å². The minimum absolute atomic E-state index is 0.198. The maximum atomic E-state index is 12.7. The van der Waals surface area contributed by atoms with Crippen molar-refractivity contribution in [3.05, 3.63) is 71.3 Å². The second-order valence-electron chi connectivity index (χ2n) is 9.71. The summed E-state index contributed by atoms with van der Waals surface area (Å²) in [5, 5.41) is 2.40. The number of hydrogen-bond donors (Lipinski definition) is 2. The number of carbonyl (C=O) groups excluding carboxylic acids is 3. The first-order valence-electron chi connectivity index (χ1n) is 13.4. The molecule has 0 spiro atoms. The van der Waals surface area contributed by atoms with Crippen LogP contribution in [0, 0.1) is 0 Å². The van der Waals surface area contributed by atoms with Gasteiger partial charge in [-0.3, -0.25) is 14.5 Å². The van der Waals surface area contributed by atoms with E-state index in [-0.39, 0.29) is 5.91 Å². The largest absolute Gasteiger partial charge is 0.345 e. The number of benzene rings is 2. The summed E-state index contributed by atoms with van der Waals surface area (Å²) in [7, 11) is 1.50. The van der Waals surface area contributed by atoms with Crippen LogP contribution >= 0.6 is 0 Å². The quantitative estimate of drug-likeness (QED) is 0.548. The molecule has 1 aliphatic heterocycles. The standard InChI is InChI=1S/C20H30N2O.C9H9NO2.CH5N/c1-16(2)17-8-10-18(11-9-17)20(23)22-14-12-21(13-15-22)19-6-4-3-5-7-19;11-6-9(10-7-12)8-4-2-1-3-5-8;1-2/h8-11,16,19H,3-7,12-15H2,1-2H3;1-7,9H,(H,10,12);2H2,1H3. The van der Waals surface area contributed by atoms with Gasteiger partial charge in [-0.25, -0.2) is 0 Å². The summed E-state index contributed by atoms with van der Waals surface area (Å²) in [5.74, 6) is 0.710. The summed E-state index contributed by atoms with van der Waals surface area (Å²) in [6.45, 7) is 8.20. The molecule has 1 heterocycles. The molecule has 202 valence electrons. The molecule has 0 radical (unpaired) electrons. The van der Waals surface area contributed by atoms with Gasteiger partial charge in [-0.2, -0.15) is 0 Å². The molecule has 0 bridgehead atoms. The number of hydrogen-bond acceptors (Lipinski definition) is 5. The monoisotopic (exact) mass is 508 g/mol. The molecule has 2 aromatic rings. The number of aldehydes is 1. The molecular weight excluding hydrogens is 464 g/mol. The first-order valence-corrected chi connectivity index (χ1v) is 13.4. The Hall–Kier alpha value is -3.03. The summed E-state index contributed by atoms with van der Waals surface area (Å²) in [6, 6.07) is 17.5. The van der Waals surface area contributed by atoms with Gasteiger partial charge in [-0.1, -0.05) is 75.6 Å². The molecule has 1 atom stereocenters. The third-order valence-electron chi connectivity index (χ3n) is 7.06. The van der Waals surface area contributed by atoms with Crippen LogP contribution < -0.4 is 11.1 Å². The summed E-state index contributed by atoms with van der Waals surface area (Å²) >= 11 is 0. The number of nitrogens with two attached hydrogens (primary N) is 1. The molecule has 4 rings (SSSR count). The van der Waals surface area contributed by atoms with Crippen LogP contribution in [0.15, 0.2) is 54.6 Å². The fourth-order valence-electron chi connectivity index (χ4n) is 4.88. The zero-order valence-corrected chi connectivity index (χ0v) is 22.6. The van der Waals surface area contributed by atoms with Gasteiger partial charge in [0.05, 0.1) is 0 Å². The fraction of sp³-hybridized carbons (Fsp3) is 0.500. The van der Waals surface area contributed by atoms with Gasteiger partial charge in [-0.05, 0) is 49.1 Å². The van der Waals surface area contributed by atoms with Crippen LogP contribution in [0.4, 0.5) is 0 Å². The van der Waals surface area contributed by atoms with E-state index in [4.69, 9.17) is 0 Å². The van der Waals surface area contributed by atoms with Crippen molar-refractivity contribution in [3.8, 4) is 0 Å². The Morgan fingerprint density at radius 1 is 0.865 bits per heavy atom. The van der Waals surface area contributed by atoms with Gasteiger partial charge < -0.3 is 20.7 Å². The van der Waals surface area contributed by atoms with Crippen molar-refractivity contribution in [2.75, 3.05) is 33.2 Å². The van der Waals surface area contributed by atoms with Gasteiger partial charge in [0, 0.05) is 37.8 Å². The molecule has 2 aliphatic rings. The molecule has 2 amide bonds. The van der Waals surface area contributed by atoms with E-state index < -0.39 is 6.04 Å². The van der Waals surface area contributed by atoms with Gasteiger partial charge >= 0.3 is 0 Å². The first-order chi connectivity index (χ1) is 18.0. The Morgan fingerprint density at radius 2 is 1.46 bits per heavy atom. The molecule has 2 fully saturated rings. The highest BCUT2D eigenvalue weighted by Crippen LogP contribution is 2.24. The summed E-state index contributed by atoms with van der Waals surface area (Å²) < 4.78 is 0. The molecular formula is C30H44N4O3. The zero-order chi connectivity index (χ0) is 27.0. The Kier molecular flexibility index (Phi) is 13.6. The van der Waals surface area contributed by atoms with Crippen LogP contribution in [0.2, 0.25) is 0 Å². The number of rotatable bonds is 7. The normalized spacial score (nSPS) is 16.9. The van der Waals surface area contributed by atoms with Gasteiger partial charge in [-0.15, -0.1) is 0 Å². The lowest BCUT2D eigenvalue weighted by Crippen LogP contribution is -2.52. The highest BCUT2D eigenvalue weighted by Gasteiger charge is 2.27. The van der Waals surface area contributed by atoms with Gasteiger partial charge in [0.2, 0.25) is 6.41 Å². The van der Waals surface area contributed by atoms with Crippen LogP contribution in [-0.2, 0) is 9.59 Å². The van der Waals surface area contributed by atoms with E-state index in [1.54, 1.807) is 12.1 Å². The lowest BCUT2D eigenvalue weighted by Gasteiger charge is -2.40. The minimum Gasteiger partial charge on any atom is -0.345 e. The van der Waals surface area contributed by atoms with Crippen LogP contribution in [0.3, 0.4) is 0 Å². The minimum atomic E-state index is -0.524. The van der Waals surface area contributed by atoms with E-state index in [1.165, 1.54) is 44.7 Å². The van der Waals surface area contributed by atoms with E-state index in [0.717, 1.165) is 43.3 Å². The van der Waals surface area contributed by atoms with Gasteiger partial charge in [0.1, 0.15) is 12.3 Å². The second kappa shape index (κ2) is 16.7. The Labute approximate surface area is 222 Å². The molecule has 1 saturated carbocycles. The average molecular weight is 509 g/mol. The highest BCUT2D eigenvalue weighted by molar-refractivity contribution is 5.94. The number of piperazine rings is 1. The van der Waals surface area contributed by atoms with Crippen molar-refractivity contribution in [3.63, 3.8) is 0 Å². The maximum absolute atomic E-state index is 12.7. The molecule has 2 aromatic carbocycles. The molecule has 37 heavy (non-hydrogen) atoms. The second-order valence-corrected chi connectivity index (χ2v) is 9.71. The van der Waals surface area contributed by atoms with Crippen molar-refractivity contribution < 1.29 is 14.4 Å². The SMILES string of the molecule is CC(C)c1ccc(C(=O)N2CCN(C3CCCCC3)CC2)cc1.CN.O=CNC(C=O)c1ccccc1. The molecule has 7 nitrogen and oxygen atoms in total. The Bertz CT molecular complexity index is 920. The third-order valence-corrected chi connectivity index (χ3v) is 7.06. The van der Waals surface area contributed by atoms with Crippen LogP contribution in [-0.4, -0.2) is 67.7 Å². The van der Waals surface area contributed by atoms with Crippen molar-refractivity contribution in [1.29, 1.82) is 0 Å². The lowest BCUT2D eigenvalue weighted by atomic mass is 9.94. The van der Waals surface area contributed by atoms with Crippen molar-refractivity contribution in [2.24, 2.45) is 5.73 Å². The smallest absolute Gasteiger partial charge is 0.253 e.